The maximum absolute atomic E-state index is 11.5. The van der Waals surface area contributed by atoms with Crippen molar-refractivity contribution in [2.75, 3.05) is 32.9 Å². The molecule has 1 amide bonds. The Balaban J connectivity index is 2.64. The molecule has 1 aliphatic rings. The molecule has 0 aromatic heterocycles. The number of aliphatic hydroxyl groups excluding tert-OH is 1. The molecule has 0 aliphatic carbocycles. The van der Waals surface area contributed by atoms with Crippen LogP contribution in [0.3, 0.4) is 0 Å². The van der Waals surface area contributed by atoms with E-state index in [9.17, 15) is 23.1 Å². The number of carbonyl (C=O) groups is 2. The smallest absolute Gasteiger partial charge is 0.337 e. The molecule has 1 heterocycles. The van der Waals surface area contributed by atoms with Crippen LogP contribution in [0.15, 0.2) is 11.3 Å². The maximum atomic E-state index is 11.5. The number of rotatable bonds is 5. The number of likely N-dealkylation sites (N-methyl/N-ethyl adjacent to an activating group) is 1. The van der Waals surface area contributed by atoms with E-state index >= 15 is 0 Å². The number of amides is 1. The van der Waals surface area contributed by atoms with Crippen molar-refractivity contribution < 1.29 is 28.2 Å². The topological polar surface area (TPSA) is 115 Å². The monoisotopic (exact) mass is 278 g/mol. The van der Waals surface area contributed by atoms with E-state index < -0.39 is 27.7 Å². The Labute approximate surface area is 104 Å². The lowest BCUT2D eigenvalue weighted by molar-refractivity contribution is -0.133. The van der Waals surface area contributed by atoms with Gasteiger partial charge in [-0.15, -0.1) is 0 Å². The number of sulfonamides is 1. The van der Waals surface area contributed by atoms with Crippen molar-refractivity contribution in [3.05, 3.63) is 11.3 Å². The second-order valence-electron chi connectivity index (χ2n) is 3.94. The Morgan fingerprint density at radius 1 is 1.50 bits per heavy atom. The average molecular weight is 278 g/mol. The molecule has 0 saturated heterocycles. The Hall–Kier alpha value is -1.61. The molecule has 2 N–H and O–H groups in total. The van der Waals surface area contributed by atoms with Crippen LogP contribution in [-0.4, -0.2) is 72.7 Å². The molecule has 0 radical (unpaired) electrons. The molecule has 1 aliphatic heterocycles. The Morgan fingerprint density at radius 3 is 2.44 bits per heavy atom. The highest BCUT2D eigenvalue weighted by Crippen LogP contribution is 2.16. The molecule has 0 aromatic carbocycles. The first-order valence-corrected chi connectivity index (χ1v) is 6.85. The molecule has 102 valence electrons. The van der Waals surface area contributed by atoms with Crippen LogP contribution in [0.4, 0.5) is 0 Å². The van der Waals surface area contributed by atoms with Crippen molar-refractivity contribution in [1.29, 1.82) is 0 Å². The summed E-state index contributed by atoms with van der Waals surface area (Å²) in [4.78, 5) is 23.3. The summed E-state index contributed by atoms with van der Waals surface area (Å²) in [6.45, 7) is -0.175. The van der Waals surface area contributed by atoms with Gasteiger partial charge in [0.1, 0.15) is 5.57 Å². The van der Waals surface area contributed by atoms with Gasteiger partial charge in [0.25, 0.3) is 5.91 Å². The zero-order valence-electron chi connectivity index (χ0n) is 9.95. The number of carboxylic acids is 1. The fraction of sp³-hybridized carbons (Fsp3) is 0.556. The average Bonchev–Trinajstić information content (AvgIpc) is 2.52. The van der Waals surface area contributed by atoms with Crippen molar-refractivity contribution in [1.82, 2.24) is 9.21 Å². The molecule has 8 nitrogen and oxygen atoms in total. The minimum absolute atomic E-state index is 0.0171. The number of carboxylic acid groups (broad SMARTS) is 1. The largest absolute Gasteiger partial charge is 0.503 e. The molecule has 0 atom stereocenters. The van der Waals surface area contributed by atoms with Crippen molar-refractivity contribution >= 4 is 21.9 Å². The summed E-state index contributed by atoms with van der Waals surface area (Å²) in [5.74, 6) is -2.95. The zero-order valence-corrected chi connectivity index (χ0v) is 10.8. The lowest BCUT2D eigenvalue weighted by atomic mass is 10.3. The van der Waals surface area contributed by atoms with E-state index in [0.717, 1.165) is 15.5 Å². The Bertz CT molecular complexity index is 509. The number of nitrogens with zero attached hydrogens (tertiary/aromatic N) is 2. The quantitative estimate of drug-likeness (QED) is 0.640. The summed E-state index contributed by atoms with van der Waals surface area (Å²) in [6.07, 6.45) is 1.03. The normalized spacial score (nSPS) is 16.8. The second kappa shape index (κ2) is 4.94. The predicted molar refractivity (Wildman–Crippen MR) is 61.3 cm³/mol. The highest BCUT2D eigenvalue weighted by atomic mass is 32.2. The fourth-order valence-electron chi connectivity index (χ4n) is 1.39. The van der Waals surface area contributed by atoms with Gasteiger partial charge in [-0.05, 0) is 0 Å². The number of hydrogen-bond donors (Lipinski definition) is 2. The van der Waals surface area contributed by atoms with E-state index in [-0.39, 0.29) is 25.2 Å². The van der Waals surface area contributed by atoms with E-state index in [0.29, 0.717) is 0 Å². The summed E-state index contributed by atoms with van der Waals surface area (Å²) in [5, 5.41) is 18.0. The molecular weight excluding hydrogens is 264 g/mol. The molecular formula is C9H14N2O6S. The molecule has 1 rings (SSSR count). The van der Waals surface area contributed by atoms with E-state index in [4.69, 9.17) is 5.11 Å². The molecule has 0 unspecified atom stereocenters. The molecule has 18 heavy (non-hydrogen) atoms. The van der Waals surface area contributed by atoms with Gasteiger partial charge in [-0.25, -0.2) is 17.5 Å². The van der Waals surface area contributed by atoms with E-state index in [1.54, 1.807) is 0 Å². The second-order valence-corrected chi connectivity index (χ2v) is 6.03. The molecule has 0 spiro atoms. The lowest BCUT2D eigenvalue weighted by Gasteiger charge is -2.20. The maximum Gasteiger partial charge on any atom is 0.337 e. The Morgan fingerprint density at radius 2 is 2.06 bits per heavy atom. The first-order chi connectivity index (χ1) is 8.14. The number of aliphatic carboxylic acids is 1. The van der Waals surface area contributed by atoms with Gasteiger partial charge < -0.3 is 15.1 Å². The third kappa shape index (κ3) is 2.99. The summed E-state index contributed by atoms with van der Waals surface area (Å²) in [6, 6.07) is 0. The van der Waals surface area contributed by atoms with E-state index in [1.165, 1.54) is 7.05 Å². The minimum Gasteiger partial charge on any atom is -0.503 e. The van der Waals surface area contributed by atoms with Crippen molar-refractivity contribution in [3.8, 4) is 0 Å². The van der Waals surface area contributed by atoms with Crippen LogP contribution in [0, 0.1) is 0 Å². The van der Waals surface area contributed by atoms with Crippen LogP contribution >= 0.6 is 0 Å². The predicted octanol–water partition coefficient (Wildman–Crippen LogP) is -1.38. The van der Waals surface area contributed by atoms with Gasteiger partial charge in [0.15, 0.2) is 5.76 Å². The van der Waals surface area contributed by atoms with E-state index in [2.05, 4.69) is 0 Å². The van der Waals surface area contributed by atoms with E-state index in [1.807, 2.05) is 0 Å². The Kier molecular flexibility index (Phi) is 3.97. The van der Waals surface area contributed by atoms with Crippen LogP contribution in [-0.2, 0) is 19.6 Å². The number of aliphatic hydroxyl groups is 1. The molecule has 0 aromatic rings. The van der Waals surface area contributed by atoms with Crippen LogP contribution in [0.1, 0.15) is 0 Å². The van der Waals surface area contributed by atoms with Gasteiger partial charge in [0.05, 0.1) is 12.8 Å². The molecule has 9 heteroatoms. The van der Waals surface area contributed by atoms with Crippen LogP contribution in [0.5, 0.6) is 0 Å². The van der Waals surface area contributed by atoms with Gasteiger partial charge in [0.2, 0.25) is 10.0 Å². The van der Waals surface area contributed by atoms with Gasteiger partial charge in [-0.2, -0.15) is 0 Å². The van der Waals surface area contributed by atoms with Gasteiger partial charge >= 0.3 is 5.97 Å². The molecule has 0 bridgehead atoms. The molecule has 0 fully saturated rings. The van der Waals surface area contributed by atoms with Gasteiger partial charge in [-0.1, -0.05) is 0 Å². The van der Waals surface area contributed by atoms with Crippen molar-refractivity contribution in [3.63, 3.8) is 0 Å². The summed E-state index contributed by atoms with van der Waals surface area (Å²) in [5.41, 5.74) is -0.373. The number of hydrogen-bond acceptors (Lipinski definition) is 5. The van der Waals surface area contributed by atoms with Crippen LogP contribution in [0.2, 0.25) is 0 Å². The van der Waals surface area contributed by atoms with Crippen LogP contribution < -0.4 is 0 Å². The van der Waals surface area contributed by atoms with Gasteiger partial charge in [0, 0.05) is 20.1 Å². The highest BCUT2D eigenvalue weighted by molar-refractivity contribution is 7.88. The van der Waals surface area contributed by atoms with Crippen molar-refractivity contribution in [2.24, 2.45) is 0 Å². The summed E-state index contributed by atoms with van der Waals surface area (Å²) in [7, 11) is -2.00. The SMILES string of the molecule is CN(CCN1CC(C(=O)O)=C(O)C1=O)S(C)(=O)=O. The fourth-order valence-corrected chi connectivity index (χ4v) is 1.81. The third-order valence-electron chi connectivity index (χ3n) is 2.63. The van der Waals surface area contributed by atoms with Crippen molar-refractivity contribution in [2.45, 2.75) is 0 Å². The highest BCUT2D eigenvalue weighted by Gasteiger charge is 2.33. The lowest BCUT2D eigenvalue weighted by Crippen LogP contribution is -2.37. The standard InChI is InChI=1S/C9H14N2O6S/c1-10(18(2,16)17)3-4-11-5-6(9(14)15)7(12)8(11)13/h12H,3-5H2,1-2H3,(H,14,15). The third-order valence-corrected chi connectivity index (χ3v) is 3.95. The first kappa shape index (κ1) is 14.5. The first-order valence-electron chi connectivity index (χ1n) is 5.00. The zero-order chi connectivity index (χ0) is 14.1. The minimum atomic E-state index is -3.35. The number of carbonyl (C=O) groups excluding carboxylic acids is 1. The van der Waals surface area contributed by atoms with Crippen LogP contribution in [0.25, 0.3) is 0 Å². The molecule has 0 saturated carbocycles. The summed E-state index contributed by atoms with van der Waals surface area (Å²) >= 11 is 0. The summed E-state index contributed by atoms with van der Waals surface area (Å²) < 4.78 is 23.3. The van der Waals surface area contributed by atoms with Gasteiger partial charge in [-0.3, -0.25) is 4.79 Å².